The number of benzene rings is 2. The fourth-order valence-electron chi connectivity index (χ4n) is 3.31. The van der Waals surface area contributed by atoms with E-state index in [0.717, 1.165) is 23.1 Å². The zero-order valence-corrected chi connectivity index (χ0v) is 13.7. The van der Waals surface area contributed by atoms with E-state index < -0.39 is 6.09 Å². The molecule has 4 heteroatoms. The Hall–Kier alpha value is -2.62. The molecule has 0 fully saturated rings. The van der Waals surface area contributed by atoms with Gasteiger partial charge >= 0.3 is 6.09 Å². The number of ketones is 1. The molecular formula is C20H21NO3. The van der Waals surface area contributed by atoms with Crippen LogP contribution in [0.1, 0.15) is 40.9 Å². The summed E-state index contributed by atoms with van der Waals surface area (Å²) in [7, 11) is 0. The number of hydrogen-bond acceptors (Lipinski definition) is 3. The number of aryl methyl sites for hydroxylation is 1. The average Bonchev–Trinajstić information content (AvgIpc) is 2.62. The molecule has 0 saturated heterocycles. The predicted molar refractivity (Wildman–Crippen MR) is 91.9 cm³/mol. The van der Waals surface area contributed by atoms with Crippen molar-refractivity contribution >= 4 is 11.9 Å². The van der Waals surface area contributed by atoms with E-state index >= 15 is 0 Å². The highest BCUT2D eigenvalue weighted by molar-refractivity contribution is 6.00. The Kier molecular flexibility index (Phi) is 4.94. The molecule has 0 saturated carbocycles. The van der Waals surface area contributed by atoms with Gasteiger partial charge in [-0.2, -0.15) is 0 Å². The van der Waals surface area contributed by atoms with Crippen molar-refractivity contribution in [2.45, 2.75) is 25.8 Å². The minimum atomic E-state index is -0.488. The summed E-state index contributed by atoms with van der Waals surface area (Å²) in [5, 5.41) is 2.88. The molecule has 1 aliphatic carbocycles. The summed E-state index contributed by atoms with van der Waals surface area (Å²) in [5.74, 6) is -0.200. The number of carbonyl (C=O) groups is 2. The van der Waals surface area contributed by atoms with Gasteiger partial charge in [0.25, 0.3) is 0 Å². The number of ether oxygens (including phenoxy) is 1. The van der Waals surface area contributed by atoms with Crippen molar-refractivity contribution in [2.24, 2.45) is 5.92 Å². The van der Waals surface area contributed by atoms with Crippen LogP contribution in [0.5, 0.6) is 0 Å². The third kappa shape index (κ3) is 3.32. The first kappa shape index (κ1) is 16.2. The molecule has 1 amide bonds. The average molecular weight is 323 g/mol. The molecule has 0 unspecified atom stereocenters. The molecular weight excluding hydrogens is 302 g/mol. The highest BCUT2D eigenvalue weighted by Crippen LogP contribution is 2.34. The van der Waals surface area contributed by atoms with Gasteiger partial charge in [0.2, 0.25) is 0 Å². The lowest BCUT2D eigenvalue weighted by atomic mass is 9.77. The van der Waals surface area contributed by atoms with Gasteiger partial charge in [0.05, 0.1) is 12.6 Å². The van der Waals surface area contributed by atoms with Crippen molar-refractivity contribution < 1.29 is 14.3 Å². The van der Waals surface area contributed by atoms with E-state index in [1.807, 2.05) is 54.6 Å². The molecule has 2 aromatic carbocycles. The largest absolute Gasteiger partial charge is 0.450 e. The Morgan fingerprint density at radius 2 is 1.88 bits per heavy atom. The molecule has 0 aromatic heterocycles. The molecule has 0 heterocycles. The second kappa shape index (κ2) is 7.30. The van der Waals surface area contributed by atoms with Crippen LogP contribution in [0.4, 0.5) is 4.79 Å². The maximum atomic E-state index is 13.0. The summed E-state index contributed by atoms with van der Waals surface area (Å²) in [6, 6.07) is 16.9. The van der Waals surface area contributed by atoms with Gasteiger partial charge in [-0.3, -0.25) is 4.79 Å². The summed E-state index contributed by atoms with van der Waals surface area (Å²) in [6.45, 7) is 2.06. The molecule has 0 spiro atoms. The van der Waals surface area contributed by atoms with Gasteiger partial charge in [0.1, 0.15) is 0 Å². The first-order valence-electron chi connectivity index (χ1n) is 8.31. The number of fused-ring (bicyclic) bond motifs is 1. The van der Waals surface area contributed by atoms with Gasteiger partial charge in [-0.25, -0.2) is 4.79 Å². The van der Waals surface area contributed by atoms with Crippen LogP contribution in [0.3, 0.4) is 0 Å². The molecule has 1 aliphatic rings. The normalized spacial score (nSPS) is 17.7. The minimum absolute atomic E-state index is 0.0856. The Balaban J connectivity index is 1.91. The third-order valence-corrected chi connectivity index (χ3v) is 4.45. The van der Waals surface area contributed by atoms with E-state index in [0.29, 0.717) is 13.0 Å². The zero-order chi connectivity index (χ0) is 16.9. The van der Waals surface area contributed by atoms with Gasteiger partial charge in [-0.1, -0.05) is 54.6 Å². The van der Waals surface area contributed by atoms with Gasteiger partial charge < -0.3 is 10.1 Å². The molecule has 2 aromatic rings. The van der Waals surface area contributed by atoms with Crippen LogP contribution >= 0.6 is 0 Å². The molecule has 0 aliphatic heterocycles. The Morgan fingerprint density at radius 3 is 2.62 bits per heavy atom. The summed E-state index contributed by atoms with van der Waals surface area (Å²) >= 11 is 0. The van der Waals surface area contributed by atoms with E-state index in [9.17, 15) is 9.59 Å². The number of amides is 1. The van der Waals surface area contributed by atoms with Crippen molar-refractivity contribution in [1.82, 2.24) is 5.32 Å². The number of nitrogens with one attached hydrogen (secondary N) is 1. The first-order valence-corrected chi connectivity index (χ1v) is 8.31. The highest BCUT2D eigenvalue weighted by Gasteiger charge is 2.35. The number of alkyl carbamates (subject to hydrolysis) is 1. The lowest BCUT2D eigenvalue weighted by Crippen LogP contribution is -2.39. The van der Waals surface area contributed by atoms with E-state index in [1.54, 1.807) is 6.92 Å². The maximum Gasteiger partial charge on any atom is 0.407 e. The SMILES string of the molecule is CCOC(=O)N[C@@H](c1ccccc1)[C@H]1CCc2ccccc2C1=O. The van der Waals surface area contributed by atoms with Gasteiger partial charge in [-0.15, -0.1) is 0 Å². The smallest absolute Gasteiger partial charge is 0.407 e. The van der Waals surface area contributed by atoms with E-state index in [-0.39, 0.29) is 17.7 Å². The summed E-state index contributed by atoms with van der Waals surface area (Å²) in [5.41, 5.74) is 2.77. The van der Waals surface area contributed by atoms with Crippen LogP contribution in [0, 0.1) is 5.92 Å². The minimum Gasteiger partial charge on any atom is -0.450 e. The van der Waals surface area contributed by atoms with Gasteiger partial charge in [0.15, 0.2) is 5.78 Å². The van der Waals surface area contributed by atoms with Crippen LogP contribution < -0.4 is 5.32 Å². The topological polar surface area (TPSA) is 55.4 Å². The lowest BCUT2D eigenvalue weighted by molar-refractivity contribution is 0.0859. The molecule has 2 atom stereocenters. The summed E-state index contributed by atoms with van der Waals surface area (Å²) in [6.07, 6.45) is 1.06. The molecule has 0 bridgehead atoms. The zero-order valence-electron chi connectivity index (χ0n) is 13.7. The second-order valence-corrected chi connectivity index (χ2v) is 5.92. The first-order chi connectivity index (χ1) is 11.7. The van der Waals surface area contributed by atoms with E-state index in [1.165, 1.54) is 0 Å². The van der Waals surface area contributed by atoms with E-state index in [4.69, 9.17) is 4.74 Å². The summed E-state index contributed by atoms with van der Waals surface area (Å²) in [4.78, 5) is 25.0. The fourth-order valence-corrected chi connectivity index (χ4v) is 3.31. The van der Waals surface area contributed by atoms with Crippen LogP contribution in [0.2, 0.25) is 0 Å². The van der Waals surface area contributed by atoms with Crippen molar-refractivity contribution in [3.63, 3.8) is 0 Å². The number of Topliss-reactive ketones (excluding diaryl/α,β-unsaturated/α-hetero) is 1. The van der Waals surface area contributed by atoms with Crippen molar-refractivity contribution in [1.29, 1.82) is 0 Å². The molecule has 3 rings (SSSR count). The predicted octanol–water partition coefficient (Wildman–Crippen LogP) is 3.92. The molecule has 24 heavy (non-hydrogen) atoms. The maximum absolute atomic E-state index is 13.0. The number of carbonyl (C=O) groups excluding carboxylic acids is 2. The van der Waals surface area contributed by atoms with Crippen LogP contribution in [-0.2, 0) is 11.2 Å². The molecule has 4 nitrogen and oxygen atoms in total. The molecule has 1 N–H and O–H groups in total. The molecule has 124 valence electrons. The highest BCUT2D eigenvalue weighted by atomic mass is 16.5. The third-order valence-electron chi connectivity index (χ3n) is 4.45. The van der Waals surface area contributed by atoms with E-state index in [2.05, 4.69) is 5.32 Å². The fraction of sp³-hybridized carbons (Fsp3) is 0.300. The monoisotopic (exact) mass is 323 g/mol. The standard InChI is InChI=1S/C20H21NO3/c1-2-24-20(23)21-18(15-9-4-3-5-10-15)17-13-12-14-8-6-7-11-16(14)19(17)22/h3-11,17-18H,2,12-13H2,1H3,(H,21,23)/t17-,18+/m1/s1. The lowest BCUT2D eigenvalue weighted by Gasteiger charge is -2.31. The number of hydrogen-bond donors (Lipinski definition) is 1. The van der Waals surface area contributed by atoms with Crippen LogP contribution in [-0.4, -0.2) is 18.5 Å². The number of rotatable bonds is 4. The van der Waals surface area contributed by atoms with Crippen LogP contribution in [0.25, 0.3) is 0 Å². The van der Waals surface area contributed by atoms with Crippen molar-refractivity contribution in [3.8, 4) is 0 Å². The molecule has 0 radical (unpaired) electrons. The summed E-state index contributed by atoms with van der Waals surface area (Å²) < 4.78 is 5.03. The van der Waals surface area contributed by atoms with Gasteiger partial charge in [0, 0.05) is 11.5 Å². The van der Waals surface area contributed by atoms with Gasteiger partial charge in [-0.05, 0) is 30.9 Å². The Bertz CT molecular complexity index is 727. The second-order valence-electron chi connectivity index (χ2n) is 5.92. The van der Waals surface area contributed by atoms with Crippen LogP contribution in [0.15, 0.2) is 54.6 Å². The Labute approximate surface area is 141 Å². The van der Waals surface area contributed by atoms with Crippen molar-refractivity contribution in [2.75, 3.05) is 6.61 Å². The quantitative estimate of drug-likeness (QED) is 0.928. The Morgan fingerprint density at radius 1 is 1.17 bits per heavy atom. The van der Waals surface area contributed by atoms with Crippen molar-refractivity contribution in [3.05, 3.63) is 71.3 Å².